The normalized spacial score (nSPS) is 21.1. The number of carbonyl (C=O) groups excluding carboxylic acids is 1. The Balaban J connectivity index is 1.67. The molecule has 1 fully saturated rings. The Kier molecular flexibility index (Phi) is 5.28. The van der Waals surface area contributed by atoms with E-state index in [1.165, 1.54) is 9.75 Å². The summed E-state index contributed by atoms with van der Waals surface area (Å²) in [6.45, 7) is 1.41. The smallest absolute Gasteiger partial charge is 0.223 e. The van der Waals surface area contributed by atoms with E-state index < -0.39 is 0 Å². The molecule has 2 heterocycles. The van der Waals surface area contributed by atoms with Crippen LogP contribution in [0.15, 0.2) is 35.0 Å². The summed E-state index contributed by atoms with van der Waals surface area (Å²) >= 11 is 3.42. The van der Waals surface area contributed by atoms with Crippen LogP contribution < -0.4 is 5.73 Å². The van der Waals surface area contributed by atoms with Gasteiger partial charge in [0.2, 0.25) is 5.91 Å². The second kappa shape index (κ2) is 7.40. The van der Waals surface area contributed by atoms with Crippen LogP contribution in [0.25, 0.3) is 0 Å². The summed E-state index contributed by atoms with van der Waals surface area (Å²) in [5.74, 6) is 0.603. The van der Waals surface area contributed by atoms with Crippen LogP contribution in [-0.2, 0) is 17.9 Å². The lowest BCUT2D eigenvalue weighted by molar-refractivity contribution is -0.133. The fraction of sp³-hybridized carbons (Fsp3) is 0.471. The summed E-state index contributed by atoms with van der Waals surface area (Å²) in [6, 6.07) is 8.48. The molecule has 1 saturated carbocycles. The molecule has 0 spiro atoms. The first-order chi connectivity index (χ1) is 10.7. The van der Waals surface area contributed by atoms with Crippen LogP contribution >= 0.6 is 22.7 Å². The van der Waals surface area contributed by atoms with Crippen molar-refractivity contribution in [1.82, 2.24) is 4.90 Å². The van der Waals surface area contributed by atoms with Crippen LogP contribution in [0.4, 0.5) is 0 Å². The zero-order chi connectivity index (χ0) is 15.4. The lowest BCUT2D eigenvalue weighted by Gasteiger charge is -2.24. The lowest BCUT2D eigenvalue weighted by atomic mass is 9.99. The number of hydrogen-bond donors (Lipinski definition) is 1. The Morgan fingerprint density at radius 2 is 1.77 bits per heavy atom. The number of nitrogens with two attached hydrogens (primary N) is 1. The molecule has 1 aliphatic rings. The van der Waals surface area contributed by atoms with Gasteiger partial charge < -0.3 is 10.6 Å². The Morgan fingerprint density at radius 1 is 1.14 bits per heavy atom. The zero-order valence-electron chi connectivity index (χ0n) is 12.6. The van der Waals surface area contributed by atoms with Crippen LogP contribution in [0.5, 0.6) is 0 Å². The predicted octanol–water partition coefficient (Wildman–Crippen LogP) is 3.86. The molecule has 1 amide bonds. The van der Waals surface area contributed by atoms with E-state index in [0.29, 0.717) is 25.4 Å². The minimum atomic E-state index is 0.203. The number of nitrogens with zero attached hydrogens (tertiary/aromatic N) is 1. The molecule has 3 rings (SSSR count). The highest BCUT2D eigenvalue weighted by Crippen LogP contribution is 2.28. The van der Waals surface area contributed by atoms with Gasteiger partial charge >= 0.3 is 0 Å². The van der Waals surface area contributed by atoms with Gasteiger partial charge in [0.1, 0.15) is 0 Å². The van der Waals surface area contributed by atoms with Gasteiger partial charge in [0, 0.05) is 22.2 Å². The van der Waals surface area contributed by atoms with Crippen molar-refractivity contribution >= 4 is 28.6 Å². The monoisotopic (exact) mass is 334 g/mol. The molecule has 0 aromatic carbocycles. The van der Waals surface area contributed by atoms with Gasteiger partial charge in [-0.2, -0.15) is 0 Å². The molecule has 0 aliphatic heterocycles. The lowest BCUT2D eigenvalue weighted by Crippen LogP contribution is -2.34. The summed E-state index contributed by atoms with van der Waals surface area (Å²) in [5.41, 5.74) is 6.13. The van der Waals surface area contributed by atoms with E-state index in [1.807, 2.05) is 17.0 Å². The SMILES string of the molecule is N[C@@H]1CCC[C@H]1CC(=O)N(Cc1cccs1)Cc1cccs1. The van der Waals surface area contributed by atoms with E-state index in [-0.39, 0.29) is 11.9 Å². The van der Waals surface area contributed by atoms with Gasteiger partial charge in [-0.05, 0) is 41.7 Å². The van der Waals surface area contributed by atoms with Crippen molar-refractivity contribution in [1.29, 1.82) is 0 Å². The van der Waals surface area contributed by atoms with Gasteiger partial charge in [0.25, 0.3) is 0 Å². The zero-order valence-corrected chi connectivity index (χ0v) is 14.2. The van der Waals surface area contributed by atoms with Crippen molar-refractivity contribution in [2.45, 2.75) is 44.8 Å². The van der Waals surface area contributed by atoms with Crippen molar-refractivity contribution in [3.8, 4) is 0 Å². The molecule has 2 aromatic heterocycles. The van der Waals surface area contributed by atoms with E-state index >= 15 is 0 Å². The van der Waals surface area contributed by atoms with E-state index in [2.05, 4.69) is 22.9 Å². The van der Waals surface area contributed by atoms with Crippen LogP contribution in [0.2, 0.25) is 0 Å². The van der Waals surface area contributed by atoms with Crippen molar-refractivity contribution in [2.24, 2.45) is 11.7 Å². The Morgan fingerprint density at radius 3 is 2.23 bits per heavy atom. The summed E-state index contributed by atoms with van der Waals surface area (Å²) in [4.78, 5) is 17.2. The van der Waals surface area contributed by atoms with Crippen molar-refractivity contribution in [3.63, 3.8) is 0 Å². The molecule has 3 nitrogen and oxygen atoms in total. The standard InChI is InChI=1S/C17H22N2OS2/c18-16-7-1-4-13(16)10-17(20)19(11-14-5-2-8-21-14)12-15-6-3-9-22-15/h2-3,5-6,8-9,13,16H,1,4,7,10-12,18H2/t13-,16+/m0/s1. The maximum Gasteiger partial charge on any atom is 0.223 e. The third-order valence-electron chi connectivity index (χ3n) is 4.36. The van der Waals surface area contributed by atoms with Crippen molar-refractivity contribution in [2.75, 3.05) is 0 Å². The molecule has 0 unspecified atom stereocenters. The van der Waals surface area contributed by atoms with E-state index in [1.54, 1.807) is 22.7 Å². The molecule has 118 valence electrons. The molecule has 0 saturated heterocycles. The second-order valence-corrected chi connectivity index (χ2v) is 8.03. The quantitative estimate of drug-likeness (QED) is 0.872. The fourth-order valence-electron chi connectivity index (χ4n) is 3.09. The maximum atomic E-state index is 12.8. The van der Waals surface area contributed by atoms with Crippen molar-refractivity contribution < 1.29 is 4.79 Å². The first-order valence-corrected chi connectivity index (χ1v) is 9.56. The topological polar surface area (TPSA) is 46.3 Å². The Labute approximate surface area is 139 Å². The molecular weight excluding hydrogens is 312 g/mol. The Hall–Kier alpha value is -1.17. The molecule has 0 radical (unpaired) electrons. The van der Waals surface area contributed by atoms with E-state index in [0.717, 1.165) is 19.3 Å². The van der Waals surface area contributed by atoms with Crippen LogP contribution in [0.3, 0.4) is 0 Å². The predicted molar refractivity (Wildman–Crippen MR) is 92.8 cm³/mol. The third-order valence-corrected chi connectivity index (χ3v) is 6.08. The number of thiophene rings is 2. The summed E-state index contributed by atoms with van der Waals surface area (Å²) in [6.07, 6.45) is 3.92. The van der Waals surface area contributed by atoms with E-state index in [4.69, 9.17) is 5.73 Å². The Bertz CT molecular complexity index is 544. The maximum absolute atomic E-state index is 12.8. The first-order valence-electron chi connectivity index (χ1n) is 7.80. The van der Waals surface area contributed by atoms with Crippen LogP contribution in [-0.4, -0.2) is 16.8 Å². The average Bonchev–Trinajstić information content (AvgIpc) is 3.23. The minimum Gasteiger partial charge on any atom is -0.332 e. The highest BCUT2D eigenvalue weighted by molar-refractivity contribution is 7.10. The van der Waals surface area contributed by atoms with Gasteiger partial charge in [0.15, 0.2) is 0 Å². The number of amides is 1. The number of rotatable bonds is 6. The minimum absolute atomic E-state index is 0.203. The van der Waals surface area contributed by atoms with Gasteiger partial charge in [-0.1, -0.05) is 18.6 Å². The number of carbonyl (C=O) groups is 1. The highest BCUT2D eigenvalue weighted by atomic mass is 32.1. The molecule has 2 N–H and O–H groups in total. The van der Waals surface area contributed by atoms with Gasteiger partial charge in [-0.25, -0.2) is 0 Å². The number of hydrogen-bond acceptors (Lipinski definition) is 4. The molecule has 22 heavy (non-hydrogen) atoms. The average molecular weight is 335 g/mol. The molecule has 1 aliphatic carbocycles. The molecule has 2 aromatic rings. The molecule has 5 heteroatoms. The molecule has 2 atom stereocenters. The van der Waals surface area contributed by atoms with E-state index in [9.17, 15) is 4.79 Å². The first kappa shape index (κ1) is 15.7. The molecular formula is C17H22N2OS2. The summed E-state index contributed by atoms with van der Waals surface area (Å²) < 4.78 is 0. The van der Waals surface area contributed by atoms with Gasteiger partial charge in [-0.3, -0.25) is 4.79 Å². The molecule has 0 bridgehead atoms. The third kappa shape index (κ3) is 3.97. The second-order valence-electron chi connectivity index (χ2n) is 5.97. The van der Waals surface area contributed by atoms with Crippen molar-refractivity contribution in [3.05, 3.63) is 44.8 Å². The fourth-order valence-corrected chi connectivity index (χ4v) is 4.52. The van der Waals surface area contributed by atoms with Crippen LogP contribution in [0, 0.1) is 5.92 Å². The van der Waals surface area contributed by atoms with Gasteiger partial charge in [-0.15, -0.1) is 22.7 Å². The largest absolute Gasteiger partial charge is 0.332 e. The highest BCUT2D eigenvalue weighted by Gasteiger charge is 2.28. The van der Waals surface area contributed by atoms with Gasteiger partial charge in [0.05, 0.1) is 13.1 Å². The summed E-state index contributed by atoms with van der Waals surface area (Å²) in [5, 5.41) is 4.13. The summed E-state index contributed by atoms with van der Waals surface area (Å²) in [7, 11) is 0. The van der Waals surface area contributed by atoms with Crippen LogP contribution in [0.1, 0.15) is 35.4 Å².